The van der Waals surface area contributed by atoms with Gasteiger partial charge in [0, 0.05) is 31.2 Å². The van der Waals surface area contributed by atoms with Crippen LogP contribution in [0.15, 0.2) is 18.6 Å². The second-order valence-corrected chi connectivity index (χ2v) is 4.54. The normalized spacial score (nSPS) is 19.4. The van der Waals surface area contributed by atoms with E-state index in [1.807, 2.05) is 0 Å². The zero-order chi connectivity index (χ0) is 13.0. The molecular weight excluding hydrogens is 240 g/mol. The van der Waals surface area contributed by atoms with E-state index >= 15 is 0 Å². The van der Waals surface area contributed by atoms with Crippen LogP contribution in [0.3, 0.4) is 0 Å². The van der Waals surface area contributed by atoms with E-state index in [1.54, 1.807) is 18.6 Å². The molecule has 1 aromatic heterocycles. The quantitative estimate of drug-likeness (QED) is 0.897. The van der Waals surface area contributed by atoms with E-state index in [2.05, 4.69) is 15.3 Å². The fraction of sp³-hybridized carbons (Fsp3) is 0.583. The Bertz CT molecular complexity index is 401. The first-order valence-corrected chi connectivity index (χ1v) is 5.97. The van der Waals surface area contributed by atoms with Crippen molar-refractivity contribution in [2.75, 3.05) is 0 Å². The van der Waals surface area contributed by atoms with Gasteiger partial charge in [0.2, 0.25) is 11.8 Å². The standard InChI is InChI=1S/C12H15F2N3O/c13-12(14)3-1-9(2-4-12)11(18)17-8-10-7-15-5-6-16-10/h5-7,9H,1-4,8H2,(H,17,18). The molecule has 1 saturated carbocycles. The third-order valence-corrected chi connectivity index (χ3v) is 3.15. The Morgan fingerprint density at radius 2 is 2.11 bits per heavy atom. The molecule has 1 heterocycles. The van der Waals surface area contributed by atoms with Crippen LogP contribution < -0.4 is 5.32 Å². The van der Waals surface area contributed by atoms with Crippen LogP contribution in [-0.2, 0) is 11.3 Å². The second kappa shape index (κ2) is 5.37. The Hall–Kier alpha value is -1.59. The number of halogens is 2. The van der Waals surface area contributed by atoms with Crippen molar-refractivity contribution < 1.29 is 13.6 Å². The summed E-state index contributed by atoms with van der Waals surface area (Å²) >= 11 is 0. The summed E-state index contributed by atoms with van der Waals surface area (Å²) in [6.45, 7) is 0.291. The number of carbonyl (C=O) groups excluding carboxylic acids is 1. The third kappa shape index (κ3) is 3.45. The molecule has 4 nitrogen and oxygen atoms in total. The van der Waals surface area contributed by atoms with Crippen LogP contribution in [-0.4, -0.2) is 21.8 Å². The van der Waals surface area contributed by atoms with Crippen LogP contribution in [0.2, 0.25) is 0 Å². The van der Waals surface area contributed by atoms with E-state index in [1.165, 1.54) is 0 Å². The van der Waals surface area contributed by atoms with E-state index in [0.717, 1.165) is 0 Å². The molecule has 0 saturated heterocycles. The summed E-state index contributed by atoms with van der Waals surface area (Å²) in [5, 5.41) is 2.71. The lowest BCUT2D eigenvalue weighted by Gasteiger charge is -2.27. The van der Waals surface area contributed by atoms with Crippen molar-refractivity contribution in [3.63, 3.8) is 0 Å². The van der Waals surface area contributed by atoms with Crippen molar-refractivity contribution in [2.24, 2.45) is 5.92 Å². The van der Waals surface area contributed by atoms with Gasteiger partial charge in [-0.2, -0.15) is 0 Å². The summed E-state index contributed by atoms with van der Waals surface area (Å²) < 4.78 is 25.9. The Balaban J connectivity index is 1.79. The lowest BCUT2D eigenvalue weighted by Crippen LogP contribution is -2.35. The maximum absolute atomic E-state index is 12.9. The summed E-state index contributed by atoms with van der Waals surface area (Å²) in [6, 6.07) is 0. The molecule has 1 fully saturated rings. The van der Waals surface area contributed by atoms with Crippen LogP contribution in [0.4, 0.5) is 8.78 Å². The molecule has 0 radical (unpaired) electrons. The first kappa shape index (κ1) is 12.9. The maximum Gasteiger partial charge on any atom is 0.248 e. The molecule has 0 aliphatic heterocycles. The Labute approximate surface area is 104 Å². The van der Waals surface area contributed by atoms with Crippen LogP contribution in [0.5, 0.6) is 0 Å². The van der Waals surface area contributed by atoms with Crippen molar-refractivity contribution in [2.45, 2.75) is 38.2 Å². The lowest BCUT2D eigenvalue weighted by molar-refractivity contribution is -0.129. The molecule has 0 aromatic carbocycles. The molecule has 2 rings (SSSR count). The molecular formula is C12H15F2N3O. The molecule has 1 amide bonds. The van der Waals surface area contributed by atoms with Crippen molar-refractivity contribution in [1.82, 2.24) is 15.3 Å². The van der Waals surface area contributed by atoms with Gasteiger partial charge in [0.25, 0.3) is 0 Å². The fourth-order valence-electron chi connectivity index (χ4n) is 2.05. The van der Waals surface area contributed by atoms with Crippen LogP contribution >= 0.6 is 0 Å². The SMILES string of the molecule is O=C(NCc1cnccn1)C1CCC(F)(F)CC1. The largest absolute Gasteiger partial charge is 0.350 e. The molecule has 1 aliphatic rings. The third-order valence-electron chi connectivity index (χ3n) is 3.15. The highest BCUT2D eigenvalue weighted by atomic mass is 19.3. The molecule has 98 valence electrons. The van der Waals surface area contributed by atoms with E-state index in [0.29, 0.717) is 12.2 Å². The van der Waals surface area contributed by atoms with Gasteiger partial charge in [0.15, 0.2) is 0 Å². The van der Waals surface area contributed by atoms with Gasteiger partial charge < -0.3 is 5.32 Å². The lowest BCUT2D eigenvalue weighted by atomic mass is 9.86. The average Bonchev–Trinajstić information content (AvgIpc) is 2.37. The predicted octanol–water partition coefficient (Wildman–Crippen LogP) is 1.92. The smallest absolute Gasteiger partial charge is 0.248 e. The van der Waals surface area contributed by atoms with Crippen LogP contribution in [0.25, 0.3) is 0 Å². The van der Waals surface area contributed by atoms with Gasteiger partial charge in [-0.05, 0) is 12.8 Å². The van der Waals surface area contributed by atoms with Crippen LogP contribution in [0.1, 0.15) is 31.4 Å². The first-order chi connectivity index (χ1) is 8.57. The Kier molecular flexibility index (Phi) is 3.84. The molecule has 1 aromatic rings. The highest BCUT2D eigenvalue weighted by molar-refractivity contribution is 5.78. The van der Waals surface area contributed by atoms with E-state index in [9.17, 15) is 13.6 Å². The molecule has 0 unspecified atom stereocenters. The summed E-state index contributed by atoms with van der Waals surface area (Å²) in [5.41, 5.74) is 0.659. The summed E-state index contributed by atoms with van der Waals surface area (Å²) in [7, 11) is 0. The number of hydrogen-bond acceptors (Lipinski definition) is 3. The van der Waals surface area contributed by atoms with E-state index in [-0.39, 0.29) is 37.5 Å². The minimum absolute atomic E-state index is 0.170. The Morgan fingerprint density at radius 1 is 1.39 bits per heavy atom. The van der Waals surface area contributed by atoms with Crippen molar-refractivity contribution in [3.05, 3.63) is 24.3 Å². The van der Waals surface area contributed by atoms with Gasteiger partial charge in [0.1, 0.15) is 0 Å². The summed E-state index contributed by atoms with van der Waals surface area (Å²) in [4.78, 5) is 19.7. The highest BCUT2D eigenvalue weighted by Crippen LogP contribution is 2.36. The van der Waals surface area contributed by atoms with Crippen LogP contribution in [0, 0.1) is 5.92 Å². The van der Waals surface area contributed by atoms with Gasteiger partial charge >= 0.3 is 0 Å². The average molecular weight is 255 g/mol. The van der Waals surface area contributed by atoms with Crippen molar-refractivity contribution >= 4 is 5.91 Å². The molecule has 18 heavy (non-hydrogen) atoms. The number of amides is 1. The maximum atomic E-state index is 12.9. The fourth-order valence-corrected chi connectivity index (χ4v) is 2.05. The van der Waals surface area contributed by atoms with Gasteiger partial charge in [-0.15, -0.1) is 0 Å². The summed E-state index contributed by atoms with van der Waals surface area (Å²) in [5.74, 6) is -3.07. The molecule has 1 N–H and O–H groups in total. The van der Waals surface area contributed by atoms with Gasteiger partial charge in [-0.25, -0.2) is 8.78 Å². The highest BCUT2D eigenvalue weighted by Gasteiger charge is 2.37. The zero-order valence-electron chi connectivity index (χ0n) is 9.90. The number of carbonyl (C=O) groups is 1. The van der Waals surface area contributed by atoms with E-state index in [4.69, 9.17) is 0 Å². The van der Waals surface area contributed by atoms with Crippen molar-refractivity contribution in [3.8, 4) is 0 Å². The van der Waals surface area contributed by atoms with Gasteiger partial charge in [-0.3, -0.25) is 14.8 Å². The van der Waals surface area contributed by atoms with Gasteiger partial charge in [-0.1, -0.05) is 0 Å². The molecule has 0 bridgehead atoms. The monoisotopic (exact) mass is 255 g/mol. The second-order valence-electron chi connectivity index (χ2n) is 4.54. The number of hydrogen-bond donors (Lipinski definition) is 1. The molecule has 6 heteroatoms. The topological polar surface area (TPSA) is 54.9 Å². The first-order valence-electron chi connectivity index (χ1n) is 5.97. The Morgan fingerprint density at radius 3 is 2.72 bits per heavy atom. The molecule has 1 aliphatic carbocycles. The van der Waals surface area contributed by atoms with Crippen molar-refractivity contribution in [1.29, 1.82) is 0 Å². The zero-order valence-corrected chi connectivity index (χ0v) is 9.90. The van der Waals surface area contributed by atoms with Gasteiger partial charge in [0.05, 0.1) is 18.4 Å². The molecule has 0 spiro atoms. The number of rotatable bonds is 3. The predicted molar refractivity (Wildman–Crippen MR) is 60.8 cm³/mol. The number of alkyl halides is 2. The minimum atomic E-state index is -2.60. The summed E-state index contributed by atoms with van der Waals surface area (Å²) in [6.07, 6.45) is 4.76. The molecule has 0 atom stereocenters. The number of aromatic nitrogens is 2. The number of nitrogens with zero attached hydrogens (tertiary/aromatic N) is 2. The minimum Gasteiger partial charge on any atom is -0.350 e. The van der Waals surface area contributed by atoms with E-state index < -0.39 is 5.92 Å². The number of nitrogens with one attached hydrogen (secondary N) is 1.